The first-order valence-corrected chi connectivity index (χ1v) is 16.9. The van der Waals surface area contributed by atoms with E-state index >= 15 is 0 Å². The minimum atomic E-state index is -1.20. The van der Waals surface area contributed by atoms with Gasteiger partial charge in [-0.05, 0) is 56.9 Å². The maximum absolute atomic E-state index is 14.8. The molecule has 1 aromatic rings. The number of likely N-dealkylation sites (tertiary alicyclic amines) is 1. The van der Waals surface area contributed by atoms with Crippen LogP contribution in [0, 0.1) is 17.3 Å². The second-order valence-corrected chi connectivity index (χ2v) is 14.9. The molecule has 0 aliphatic carbocycles. The standard InChI is InChI=1S/C37H53N3O7/c1-8-10-17-28(42)38-23-27(25-15-12-11-13-16-25)46-34(45)29-26-18-19-37(47-26)30(29)32(43)39(21-14-22-41)31(37)33(44)40(20-9-2)36(6,7)24-35(3,4)5/h8-9,11-13,15-16,26-27,29-31,41H,1-2,10,14,17-24H2,3-7H3,(H,38,42)/t26-,27+,29+,30+,31-,37+/m0/s1. The molecule has 10 heteroatoms. The van der Waals surface area contributed by atoms with Crippen LogP contribution in [-0.2, 0) is 28.7 Å². The summed E-state index contributed by atoms with van der Waals surface area (Å²) in [7, 11) is 0. The molecule has 47 heavy (non-hydrogen) atoms. The maximum atomic E-state index is 14.8. The SMILES string of the molecule is C=CCCC(=O)NC[C@@H](OC(=O)[C@@H]1[C@@H]2CC[C@]3(O2)[C@H](C(=O)N(CC=C)C(C)(C)CC(C)(C)C)N(CCCO)C(=O)[C@@H]13)c1ccccc1. The predicted molar refractivity (Wildman–Crippen MR) is 179 cm³/mol. The highest BCUT2D eigenvalue weighted by atomic mass is 16.6. The lowest BCUT2D eigenvalue weighted by molar-refractivity contribution is -0.160. The van der Waals surface area contributed by atoms with E-state index in [1.165, 1.54) is 4.90 Å². The molecule has 1 spiro atoms. The molecule has 3 heterocycles. The van der Waals surface area contributed by atoms with Gasteiger partial charge in [0, 0.05) is 31.7 Å². The van der Waals surface area contributed by atoms with Crippen molar-refractivity contribution >= 4 is 23.7 Å². The first-order valence-electron chi connectivity index (χ1n) is 16.9. The number of carbonyl (C=O) groups is 4. The summed E-state index contributed by atoms with van der Waals surface area (Å²) in [6, 6.07) is 8.21. The molecule has 258 valence electrons. The van der Waals surface area contributed by atoms with Gasteiger partial charge in [0.05, 0.1) is 24.5 Å². The van der Waals surface area contributed by atoms with Crippen LogP contribution < -0.4 is 5.32 Å². The van der Waals surface area contributed by atoms with Gasteiger partial charge in [-0.2, -0.15) is 0 Å². The van der Waals surface area contributed by atoms with Crippen LogP contribution in [0.3, 0.4) is 0 Å². The van der Waals surface area contributed by atoms with Crippen LogP contribution >= 0.6 is 0 Å². The van der Waals surface area contributed by atoms with Crippen LogP contribution in [0.5, 0.6) is 0 Å². The number of aliphatic hydroxyl groups excluding tert-OH is 1. The molecular weight excluding hydrogens is 598 g/mol. The topological polar surface area (TPSA) is 125 Å². The van der Waals surface area contributed by atoms with Crippen LogP contribution in [-0.4, -0.2) is 88.1 Å². The number of hydrogen-bond acceptors (Lipinski definition) is 7. The third-order valence-electron chi connectivity index (χ3n) is 9.62. The highest BCUT2D eigenvalue weighted by Crippen LogP contribution is 2.59. The summed E-state index contributed by atoms with van der Waals surface area (Å²) >= 11 is 0. The fourth-order valence-electron chi connectivity index (χ4n) is 8.13. The largest absolute Gasteiger partial charge is 0.455 e. The van der Waals surface area contributed by atoms with Gasteiger partial charge >= 0.3 is 5.97 Å². The lowest BCUT2D eigenvalue weighted by atomic mass is 9.70. The average molecular weight is 652 g/mol. The quantitative estimate of drug-likeness (QED) is 0.201. The monoisotopic (exact) mass is 651 g/mol. The summed E-state index contributed by atoms with van der Waals surface area (Å²) in [6.07, 6.45) is 4.73. The van der Waals surface area contributed by atoms with E-state index in [0.29, 0.717) is 31.2 Å². The number of fused-ring (bicyclic) bond motifs is 1. The Balaban J connectivity index is 1.66. The molecule has 3 amide bonds. The van der Waals surface area contributed by atoms with Gasteiger partial charge in [0.25, 0.3) is 0 Å². The average Bonchev–Trinajstić information content (AvgIpc) is 3.65. The zero-order valence-corrected chi connectivity index (χ0v) is 28.7. The van der Waals surface area contributed by atoms with Gasteiger partial charge in [0.2, 0.25) is 17.7 Å². The van der Waals surface area contributed by atoms with Crippen molar-refractivity contribution in [2.45, 2.75) is 103 Å². The number of esters is 1. The lowest BCUT2D eigenvalue weighted by Gasteiger charge is -2.45. The van der Waals surface area contributed by atoms with Gasteiger partial charge in [0.1, 0.15) is 17.7 Å². The van der Waals surface area contributed by atoms with Gasteiger partial charge in [-0.3, -0.25) is 19.2 Å². The van der Waals surface area contributed by atoms with Gasteiger partial charge in [-0.15, -0.1) is 13.2 Å². The number of rotatable bonds is 16. The van der Waals surface area contributed by atoms with Crippen LogP contribution in [0.4, 0.5) is 0 Å². The minimum Gasteiger partial charge on any atom is -0.455 e. The number of ether oxygens (including phenoxy) is 2. The van der Waals surface area contributed by atoms with E-state index in [-0.39, 0.29) is 62.2 Å². The first-order chi connectivity index (χ1) is 22.2. The van der Waals surface area contributed by atoms with Crippen LogP contribution in [0.2, 0.25) is 0 Å². The summed E-state index contributed by atoms with van der Waals surface area (Å²) in [5.41, 5.74) is -1.14. The highest BCUT2D eigenvalue weighted by Gasteiger charge is 2.75. The molecule has 3 saturated heterocycles. The third-order valence-corrected chi connectivity index (χ3v) is 9.62. The number of aliphatic hydroxyl groups is 1. The molecule has 0 unspecified atom stereocenters. The molecule has 3 fully saturated rings. The number of nitrogens with one attached hydrogen (secondary N) is 1. The van der Waals surface area contributed by atoms with Crippen molar-refractivity contribution in [3.8, 4) is 0 Å². The zero-order valence-electron chi connectivity index (χ0n) is 28.7. The van der Waals surface area contributed by atoms with Crippen molar-refractivity contribution in [2.75, 3.05) is 26.2 Å². The van der Waals surface area contributed by atoms with E-state index < -0.39 is 47.2 Å². The number of allylic oxidation sites excluding steroid dienone is 1. The summed E-state index contributed by atoms with van der Waals surface area (Å²) in [4.78, 5) is 58.9. The van der Waals surface area contributed by atoms with Crippen LogP contribution in [0.25, 0.3) is 0 Å². The molecule has 2 bridgehead atoms. The molecule has 3 aliphatic rings. The van der Waals surface area contributed by atoms with Crippen molar-refractivity contribution in [3.05, 3.63) is 61.2 Å². The zero-order chi connectivity index (χ0) is 34.6. The Morgan fingerprint density at radius 3 is 2.49 bits per heavy atom. The first kappa shape index (κ1) is 36.3. The lowest BCUT2D eigenvalue weighted by Crippen LogP contribution is -2.61. The molecule has 3 aliphatic heterocycles. The number of amides is 3. The van der Waals surface area contributed by atoms with Gasteiger partial charge in [0.15, 0.2) is 0 Å². The molecular formula is C37H53N3O7. The Morgan fingerprint density at radius 2 is 1.87 bits per heavy atom. The van der Waals surface area contributed by atoms with E-state index in [0.717, 1.165) is 0 Å². The van der Waals surface area contributed by atoms with E-state index in [9.17, 15) is 24.3 Å². The highest BCUT2D eigenvalue weighted by molar-refractivity contribution is 5.98. The summed E-state index contributed by atoms with van der Waals surface area (Å²) in [6.45, 7) is 18.4. The Labute approximate surface area is 279 Å². The van der Waals surface area contributed by atoms with Crippen molar-refractivity contribution in [1.29, 1.82) is 0 Å². The molecule has 0 aromatic heterocycles. The van der Waals surface area contributed by atoms with E-state index in [1.54, 1.807) is 17.1 Å². The van der Waals surface area contributed by atoms with Gasteiger partial charge in [-0.1, -0.05) is 63.3 Å². The predicted octanol–water partition coefficient (Wildman–Crippen LogP) is 4.34. The summed E-state index contributed by atoms with van der Waals surface area (Å²) < 4.78 is 12.7. The molecule has 0 radical (unpaired) electrons. The van der Waals surface area contributed by atoms with Gasteiger partial charge in [-0.25, -0.2) is 0 Å². The number of nitrogens with zero attached hydrogens (tertiary/aromatic N) is 2. The van der Waals surface area contributed by atoms with Crippen LogP contribution in [0.1, 0.15) is 84.8 Å². The van der Waals surface area contributed by atoms with Crippen molar-refractivity contribution < 1.29 is 33.8 Å². The molecule has 10 nitrogen and oxygen atoms in total. The van der Waals surface area contributed by atoms with Gasteiger partial charge < -0.3 is 29.7 Å². The van der Waals surface area contributed by atoms with Crippen molar-refractivity contribution in [2.24, 2.45) is 17.3 Å². The number of carbonyl (C=O) groups excluding carboxylic acids is 4. The van der Waals surface area contributed by atoms with E-state index in [2.05, 4.69) is 39.2 Å². The molecule has 4 rings (SSSR count). The minimum absolute atomic E-state index is 0.0663. The normalized spacial score (nSPS) is 25.7. The van der Waals surface area contributed by atoms with E-state index in [1.807, 2.05) is 44.2 Å². The molecule has 2 N–H and O–H groups in total. The number of hydrogen-bond donors (Lipinski definition) is 2. The second kappa shape index (κ2) is 14.7. The fourth-order valence-corrected chi connectivity index (χ4v) is 8.13. The van der Waals surface area contributed by atoms with Crippen LogP contribution in [0.15, 0.2) is 55.6 Å². The van der Waals surface area contributed by atoms with Crippen molar-refractivity contribution in [1.82, 2.24) is 15.1 Å². The summed E-state index contributed by atoms with van der Waals surface area (Å²) in [5.74, 6) is -3.17. The Hall–Kier alpha value is -3.50. The molecule has 1 aromatic carbocycles. The van der Waals surface area contributed by atoms with E-state index in [4.69, 9.17) is 9.47 Å². The third kappa shape index (κ3) is 7.64. The summed E-state index contributed by atoms with van der Waals surface area (Å²) in [5, 5.41) is 12.6. The molecule has 6 atom stereocenters. The maximum Gasteiger partial charge on any atom is 0.313 e. The Kier molecular flexibility index (Phi) is 11.4. The number of benzene rings is 1. The Bertz CT molecular complexity index is 1320. The smallest absolute Gasteiger partial charge is 0.313 e. The van der Waals surface area contributed by atoms with Crippen molar-refractivity contribution in [3.63, 3.8) is 0 Å². The second-order valence-electron chi connectivity index (χ2n) is 14.9. The Morgan fingerprint density at radius 1 is 1.17 bits per heavy atom. The molecule has 0 saturated carbocycles. The fraction of sp³-hybridized carbons (Fsp3) is 0.622.